The number of anilines is 1. The molecule has 9 nitrogen and oxygen atoms in total. The van der Waals surface area contributed by atoms with Gasteiger partial charge in [0.25, 0.3) is 5.69 Å². The number of hydrazone groups is 1. The monoisotopic (exact) mass is 339 g/mol. The Morgan fingerprint density at radius 3 is 2.84 bits per heavy atom. The number of rotatable bonds is 4. The van der Waals surface area contributed by atoms with Gasteiger partial charge >= 0.3 is 0 Å². The summed E-state index contributed by atoms with van der Waals surface area (Å²) in [4.78, 5) is 15.2. The molecular formula is C16H13N5O4. The number of nitro groups is 1. The molecule has 0 bridgehead atoms. The van der Waals surface area contributed by atoms with Gasteiger partial charge in [-0.25, -0.2) is 10.4 Å². The second-order valence-electron chi connectivity index (χ2n) is 5.37. The van der Waals surface area contributed by atoms with Crippen molar-refractivity contribution in [1.29, 1.82) is 0 Å². The van der Waals surface area contributed by atoms with Crippen molar-refractivity contribution in [3.63, 3.8) is 0 Å². The smallest absolute Gasteiger partial charge is 0.282 e. The van der Waals surface area contributed by atoms with Crippen molar-refractivity contribution in [2.75, 3.05) is 12.2 Å². The highest BCUT2D eigenvalue weighted by atomic mass is 16.7. The Labute approximate surface area is 141 Å². The molecule has 0 atom stereocenters. The van der Waals surface area contributed by atoms with Crippen molar-refractivity contribution in [2.24, 2.45) is 12.1 Å². The molecule has 2 heterocycles. The minimum Gasteiger partial charge on any atom is -0.454 e. The molecule has 3 aromatic rings. The fourth-order valence-corrected chi connectivity index (χ4v) is 2.61. The molecule has 0 amide bonds. The van der Waals surface area contributed by atoms with E-state index in [1.54, 1.807) is 0 Å². The second kappa shape index (κ2) is 5.78. The molecule has 25 heavy (non-hydrogen) atoms. The van der Waals surface area contributed by atoms with E-state index in [-0.39, 0.29) is 12.5 Å². The number of hydrogen-bond acceptors (Lipinski definition) is 7. The first kappa shape index (κ1) is 14.9. The van der Waals surface area contributed by atoms with E-state index in [4.69, 9.17) is 9.47 Å². The molecule has 9 heteroatoms. The first-order chi connectivity index (χ1) is 12.1. The van der Waals surface area contributed by atoms with Crippen LogP contribution in [0, 0.1) is 10.1 Å². The van der Waals surface area contributed by atoms with Crippen molar-refractivity contribution >= 4 is 28.9 Å². The molecule has 0 aliphatic carbocycles. The summed E-state index contributed by atoms with van der Waals surface area (Å²) in [5.74, 6) is 1.34. The van der Waals surface area contributed by atoms with Crippen molar-refractivity contribution in [3.05, 3.63) is 52.1 Å². The number of benzene rings is 2. The van der Waals surface area contributed by atoms with E-state index >= 15 is 0 Å². The zero-order valence-corrected chi connectivity index (χ0v) is 13.2. The van der Waals surface area contributed by atoms with Crippen LogP contribution in [0.1, 0.15) is 5.56 Å². The molecule has 0 spiro atoms. The van der Waals surface area contributed by atoms with Crippen LogP contribution in [-0.4, -0.2) is 27.5 Å². The van der Waals surface area contributed by atoms with Crippen LogP contribution >= 0.6 is 0 Å². The van der Waals surface area contributed by atoms with E-state index < -0.39 is 4.92 Å². The van der Waals surface area contributed by atoms with Crippen LogP contribution < -0.4 is 14.9 Å². The van der Waals surface area contributed by atoms with Gasteiger partial charge in [-0.1, -0.05) is 12.1 Å². The summed E-state index contributed by atoms with van der Waals surface area (Å²) in [6, 6.07) is 10.5. The topological polar surface area (TPSA) is 104 Å². The number of nitrogens with one attached hydrogen (secondary N) is 1. The van der Waals surface area contributed by atoms with Crippen LogP contribution in [0.5, 0.6) is 11.5 Å². The van der Waals surface area contributed by atoms with Gasteiger partial charge in [0.1, 0.15) is 0 Å². The lowest BCUT2D eigenvalue weighted by molar-refractivity contribution is -0.385. The number of nitrogens with zero attached hydrogens (tertiary/aromatic N) is 4. The Kier molecular flexibility index (Phi) is 3.46. The molecule has 0 fully saturated rings. The van der Waals surface area contributed by atoms with Crippen LogP contribution in [0.15, 0.2) is 41.5 Å². The Hall–Kier alpha value is -3.62. The molecule has 0 saturated heterocycles. The molecule has 0 unspecified atom stereocenters. The summed E-state index contributed by atoms with van der Waals surface area (Å²) in [5.41, 5.74) is 4.79. The summed E-state index contributed by atoms with van der Waals surface area (Å²) in [5, 5.41) is 15.3. The van der Waals surface area contributed by atoms with E-state index in [9.17, 15) is 10.1 Å². The Morgan fingerprint density at radius 2 is 2.08 bits per heavy atom. The third kappa shape index (κ3) is 2.61. The predicted molar refractivity (Wildman–Crippen MR) is 91.2 cm³/mol. The number of nitro benzene ring substituents is 1. The normalized spacial score (nSPS) is 12.8. The average molecular weight is 339 g/mol. The van der Waals surface area contributed by atoms with Gasteiger partial charge in [-0.3, -0.25) is 10.1 Å². The standard InChI is InChI=1S/C16H13N5O4/c1-20-12-5-3-2-4-11(12)18-16(20)19-17-8-10-6-14-15(25-9-24-14)7-13(10)21(22)23/h2-8H,9H2,1H3,(H,18,19)/b17-8-. The Balaban J connectivity index is 1.63. The lowest BCUT2D eigenvalue weighted by Gasteiger charge is -2.02. The van der Waals surface area contributed by atoms with Gasteiger partial charge in [0.2, 0.25) is 12.7 Å². The average Bonchev–Trinajstić information content (AvgIpc) is 3.19. The largest absolute Gasteiger partial charge is 0.454 e. The first-order valence-electron chi connectivity index (χ1n) is 7.42. The first-order valence-corrected chi connectivity index (χ1v) is 7.42. The zero-order valence-electron chi connectivity index (χ0n) is 13.2. The zero-order chi connectivity index (χ0) is 17.4. The van der Waals surface area contributed by atoms with Crippen LogP contribution in [-0.2, 0) is 7.05 Å². The number of aromatic nitrogens is 2. The molecule has 0 radical (unpaired) electrons. The van der Waals surface area contributed by atoms with Gasteiger partial charge in [-0.15, -0.1) is 0 Å². The van der Waals surface area contributed by atoms with Crippen molar-refractivity contribution in [3.8, 4) is 11.5 Å². The van der Waals surface area contributed by atoms with Gasteiger partial charge in [0, 0.05) is 7.05 Å². The fourth-order valence-electron chi connectivity index (χ4n) is 2.61. The highest BCUT2D eigenvalue weighted by Crippen LogP contribution is 2.37. The molecule has 1 N–H and O–H groups in total. The maximum atomic E-state index is 11.2. The molecular weight excluding hydrogens is 326 g/mol. The van der Waals surface area contributed by atoms with E-state index in [0.717, 1.165) is 11.0 Å². The van der Waals surface area contributed by atoms with Gasteiger partial charge in [-0.05, 0) is 18.2 Å². The quantitative estimate of drug-likeness (QED) is 0.445. The number of hydrogen-bond donors (Lipinski definition) is 1. The maximum Gasteiger partial charge on any atom is 0.282 e. The highest BCUT2D eigenvalue weighted by Gasteiger charge is 2.22. The van der Waals surface area contributed by atoms with Gasteiger partial charge in [0.05, 0.1) is 33.8 Å². The molecule has 2 aromatic carbocycles. The number of para-hydroxylation sites is 2. The summed E-state index contributed by atoms with van der Waals surface area (Å²) in [7, 11) is 1.86. The van der Waals surface area contributed by atoms with Crippen molar-refractivity contribution in [1.82, 2.24) is 9.55 Å². The molecule has 1 aliphatic heterocycles. The van der Waals surface area contributed by atoms with E-state index in [0.29, 0.717) is 23.0 Å². The Morgan fingerprint density at radius 1 is 1.32 bits per heavy atom. The summed E-state index contributed by atoms with van der Waals surface area (Å²) < 4.78 is 12.3. The van der Waals surface area contributed by atoms with Crippen molar-refractivity contribution < 1.29 is 14.4 Å². The SMILES string of the molecule is Cn1c(N/N=C\c2cc3c(cc2[N+](=O)[O-])OCO3)nc2ccccc21. The highest BCUT2D eigenvalue weighted by molar-refractivity contribution is 5.87. The third-order valence-corrected chi connectivity index (χ3v) is 3.87. The number of imidazole rings is 1. The van der Waals surface area contributed by atoms with Crippen LogP contribution in [0.25, 0.3) is 11.0 Å². The molecule has 1 aliphatic rings. The lowest BCUT2D eigenvalue weighted by Crippen LogP contribution is -2.00. The van der Waals surface area contributed by atoms with Crippen LogP contribution in [0.4, 0.5) is 11.6 Å². The van der Waals surface area contributed by atoms with E-state index in [1.807, 2.05) is 35.9 Å². The number of aryl methyl sites for hydroxylation is 1. The lowest BCUT2D eigenvalue weighted by atomic mass is 10.1. The van der Waals surface area contributed by atoms with Crippen LogP contribution in [0.2, 0.25) is 0 Å². The number of fused-ring (bicyclic) bond motifs is 2. The Bertz CT molecular complexity index is 1010. The number of ether oxygens (including phenoxy) is 2. The van der Waals surface area contributed by atoms with Crippen molar-refractivity contribution in [2.45, 2.75) is 0 Å². The second-order valence-corrected chi connectivity index (χ2v) is 5.37. The molecule has 4 rings (SSSR count). The molecule has 126 valence electrons. The summed E-state index contributed by atoms with van der Waals surface area (Å²) in [6.07, 6.45) is 1.36. The molecule has 0 saturated carbocycles. The van der Waals surface area contributed by atoms with Gasteiger partial charge in [-0.2, -0.15) is 5.10 Å². The molecule has 1 aromatic heterocycles. The maximum absolute atomic E-state index is 11.2. The summed E-state index contributed by atoms with van der Waals surface area (Å²) >= 11 is 0. The van der Waals surface area contributed by atoms with Gasteiger partial charge in [0.15, 0.2) is 11.5 Å². The minimum atomic E-state index is -0.488. The minimum absolute atomic E-state index is 0.0468. The van der Waals surface area contributed by atoms with E-state index in [1.165, 1.54) is 18.3 Å². The predicted octanol–water partition coefficient (Wildman–Crippen LogP) is 2.66. The fraction of sp³-hybridized carbons (Fsp3) is 0.125. The third-order valence-electron chi connectivity index (χ3n) is 3.87. The van der Waals surface area contributed by atoms with Crippen LogP contribution in [0.3, 0.4) is 0 Å². The van der Waals surface area contributed by atoms with E-state index in [2.05, 4.69) is 15.5 Å². The van der Waals surface area contributed by atoms with Gasteiger partial charge < -0.3 is 14.0 Å². The summed E-state index contributed by atoms with van der Waals surface area (Å²) in [6.45, 7) is 0.0468.